The summed E-state index contributed by atoms with van der Waals surface area (Å²) < 4.78 is 71.0. The number of hydrogen-bond acceptors (Lipinski definition) is 8. The highest BCUT2D eigenvalue weighted by atomic mass is 32.2. The molecule has 0 bridgehead atoms. The second kappa shape index (κ2) is 11.0. The molecule has 0 radical (unpaired) electrons. The SMILES string of the molecule is Cc1nccc(Nc2[nH]nc(-c3ccc(NS(=O)(=O)C(F)F)c(O[C@@H](C)c4ccc(F)cc4)c3)c2C(N)=O)n1. The number of aryl methyl sites for hydroxylation is 1. The molecule has 15 heteroatoms. The number of rotatable bonds is 10. The molecule has 39 heavy (non-hydrogen) atoms. The van der Waals surface area contributed by atoms with E-state index in [0.29, 0.717) is 17.2 Å². The van der Waals surface area contributed by atoms with Crippen LogP contribution in [-0.2, 0) is 10.0 Å². The molecule has 5 N–H and O–H groups in total. The first-order valence-corrected chi connectivity index (χ1v) is 12.8. The average molecular weight is 562 g/mol. The summed E-state index contributed by atoms with van der Waals surface area (Å²) in [5.74, 6) is -4.23. The van der Waals surface area contributed by atoms with Gasteiger partial charge in [-0.2, -0.15) is 13.9 Å². The van der Waals surface area contributed by atoms with Crippen LogP contribution < -0.4 is 20.5 Å². The van der Waals surface area contributed by atoms with Crippen LogP contribution in [0.5, 0.6) is 5.75 Å². The van der Waals surface area contributed by atoms with E-state index >= 15 is 0 Å². The molecule has 11 nitrogen and oxygen atoms in total. The van der Waals surface area contributed by atoms with E-state index in [1.54, 1.807) is 24.6 Å². The monoisotopic (exact) mass is 561 g/mol. The van der Waals surface area contributed by atoms with Crippen molar-refractivity contribution < 1.29 is 31.1 Å². The summed E-state index contributed by atoms with van der Waals surface area (Å²) in [4.78, 5) is 20.6. The van der Waals surface area contributed by atoms with Crippen LogP contribution in [0, 0.1) is 12.7 Å². The van der Waals surface area contributed by atoms with Crippen molar-refractivity contribution in [3.63, 3.8) is 0 Å². The number of nitrogens with zero attached hydrogens (tertiary/aromatic N) is 3. The van der Waals surface area contributed by atoms with Gasteiger partial charge in [0.05, 0.1) is 5.69 Å². The molecule has 4 rings (SSSR count). The summed E-state index contributed by atoms with van der Waals surface area (Å²) in [5, 5.41) is 9.74. The van der Waals surface area contributed by atoms with Gasteiger partial charge in [0.25, 0.3) is 15.9 Å². The maximum absolute atomic E-state index is 13.4. The highest BCUT2D eigenvalue weighted by molar-refractivity contribution is 7.93. The Morgan fingerprint density at radius 2 is 1.85 bits per heavy atom. The normalized spacial score (nSPS) is 12.3. The Kier molecular flexibility index (Phi) is 7.71. The molecule has 1 atom stereocenters. The van der Waals surface area contributed by atoms with Gasteiger partial charge in [0, 0.05) is 11.8 Å². The van der Waals surface area contributed by atoms with Crippen LogP contribution in [0.25, 0.3) is 11.3 Å². The number of nitrogens with two attached hydrogens (primary N) is 1. The van der Waals surface area contributed by atoms with Crippen molar-refractivity contribution in [3.05, 3.63) is 77.5 Å². The van der Waals surface area contributed by atoms with E-state index in [1.807, 2.05) is 0 Å². The number of sulfonamides is 1. The topological polar surface area (TPSA) is 165 Å². The largest absolute Gasteiger partial charge is 0.484 e. The van der Waals surface area contributed by atoms with E-state index in [2.05, 4.69) is 25.5 Å². The zero-order valence-electron chi connectivity index (χ0n) is 20.4. The molecule has 204 valence electrons. The number of benzene rings is 2. The van der Waals surface area contributed by atoms with Gasteiger partial charge in [-0.15, -0.1) is 0 Å². The third kappa shape index (κ3) is 6.26. The summed E-state index contributed by atoms with van der Waals surface area (Å²) in [6.45, 7) is 3.28. The van der Waals surface area contributed by atoms with Gasteiger partial charge in [0.15, 0.2) is 0 Å². The minimum Gasteiger partial charge on any atom is -0.484 e. The molecule has 0 aliphatic rings. The molecule has 2 aromatic carbocycles. The predicted octanol–water partition coefficient (Wildman–Crippen LogP) is 4.26. The second-order valence-corrected chi connectivity index (χ2v) is 9.88. The fraction of sp³-hybridized carbons (Fsp3) is 0.167. The predicted molar refractivity (Wildman–Crippen MR) is 137 cm³/mol. The lowest BCUT2D eigenvalue weighted by Gasteiger charge is -2.19. The van der Waals surface area contributed by atoms with Gasteiger partial charge >= 0.3 is 5.76 Å². The smallest absolute Gasteiger partial charge is 0.355 e. The number of amides is 1. The molecule has 0 saturated heterocycles. The molecule has 2 heterocycles. The minimum absolute atomic E-state index is 0.0512. The van der Waals surface area contributed by atoms with Crippen LogP contribution in [0.4, 0.5) is 30.5 Å². The third-order valence-electron chi connectivity index (χ3n) is 5.43. The van der Waals surface area contributed by atoms with Gasteiger partial charge < -0.3 is 15.8 Å². The molecule has 2 aromatic heterocycles. The Morgan fingerprint density at radius 1 is 1.13 bits per heavy atom. The number of halogens is 3. The number of alkyl halides is 2. The minimum atomic E-state index is -5.04. The van der Waals surface area contributed by atoms with E-state index in [1.165, 1.54) is 48.7 Å². The number of primary amides is 1. The number of anilines is 3. The average Bonchev–Trinajstić information content (AvgIpc) is 3.29. The van der Waals surface area contributed by atoms with E-state index in [4.69, 9.17) is 10.5 Å². The molecule has 0 aliphatic carbocycles. The first-order valence-electron chi connectivity index (χ1n) is 11.3. The van der Waals surface area contributed by atoms with Crippen LogP contribution in [0.2, 0.25) is 0 Å². The van der Waals surface area contributed by atoms with Crippen molar-refractivity contribution in [1.29, 1.82) is 0 Å². The number of ether oxygens (including phenoxy) is 1. The van der Waals surface area contributed by atoms with Gasteiger partial charge in [0.2, 0.25) is 0 Å². The maximum atomic E-state index is 13.4. The number of carbonyl (C=O) groups excluding carboxylic acids is 1. The highest BCUT2D eigenvalue weighted by Gasteiger charge is 2.27. The summed E-state index contributed by atoms with van der Waals surface area (Å²) in [7, 11) is -5.04. The summed E-state index contributed by atoms with van der Waals surface area (Å²) >= 11 is 0. The van der Waals surface area contributed by atoms with Crippen molar-refractivity contribution in [3.8, 4) is 17.0 Å². The first-order chi connectivity index (χ1) is 18.4. The first kappa shape index (κ1) is 27.4. The van der Waals surface area contributed by atoms with Crippen LogP contribution >= 0.6 is 0 Å². The number of H-pyrrole nitrogens is 1. The molecule has 0 saturated carbocycles. The Hall–Kier alpha value is -4.66. The molecule has 4 aromatic rings. The molecule has 0 aliphatic heterocycles. The lowest BCUT2D eigenvalue weighted by molar-refractivity contribution is 0.100. The lowest BCUT2D eigenvalue weighted by atomic mass is 10.1. The Balaban J connectivity index is 1.76. The standard InChI is InChI=1S/C24H22F3N7O4S/c1-12(14-3-6-16(25)7-4-14)38-18-11-15(5-8-17(18)34-39(36,37)24(26)27)21-20(22(28)35)23(33-32-21)31-19-9-10-29-13(2)30-19/h3-12,24,34H,1-2H3,(H2,28,35)(H2,29,30,31,32,33)/t12-/m0/s1. The van der Waals surface area contributed by atoms with Crippen LogP contribution in [-0.4, -0.2) is 40.2 Å². The van der Waals surface area contributed by atoms with Gasteiger partial charge in [0.1, 0.15) is 46.4 Å². The third-order valence-corrected chi connectivity index (χ3v) is 6.40. The highest BCUT2D eigenvalue weighted by Crippen LogP contribution is 2.37. The number of carbonyl (C=O) groups is 1. The fourth-order valence-corrected chi connectivity index (χ4v) is 4.14. The van der Waals surface area contributed by atoms with Crippen molar-refractivity contribution in [2.45, 2.75) is 25.7 Å². The number of hydrogen-bond donors (Lipinski definition) is 4. The molecule has 0 unspecified atom stereocenters. The van der Waals surface area contributed by atoms with E-state index in [9.17, 15) is 26.4 Å². The molecule has 0 spiro atoms. The summed E-state index contributed by atoms with van der Waals surface area (Å²) in [6, 6.07) is 10.7. The van der Waals surface area contributed by atoms with E-state index in [0.717, 1.165) is 0 Å². The van der Waals surface area contributed by atoms with Crippen LogP contribution in [0.3, 0.4) is 0 Å². The van der Waals surface area contributed by atoms with Crippen molar-refractivity contribution in [1.82, 2.24) is 20.2 Å². The van der Waals surface area contributed by atoms with Crippen LogP contribution in [0.15, 0.2) is 54.7 Å². The van der Waals surface area contributed by atoms with Gasteiger partial charge in [-0.25, -0.2) is 22.8 Å². The second-order valence-electron chi connectivity index (χ2n) is 8.23. The Bertz CT molecular complexity index is 1610. The van der Waals surface area contributed by atoms with Crippen molar-refractivity contribution >= 4 is 33.3 Å². The van der Waals surface area contributed by atoms with Crippen molar-refractivity contribution in [2.75, 3.05) is 10.0 Å². The number of aromatic amines is 1. The molecular weight excluding hydrogens is 539 g/mol. The molecule has 0 fully saturated rings. The van der Waals surface area contributed by atoms with E-state index < -0.39 is 33.6 Å². The van der Waals surface area contributed by atoms with Crippen molar-refractivity contribution in [2.24, 2.45) is 5.73 Å². The molecule has 1 amide bonds. The summed E-state index contributed by atoms with van der Waals surface area (Å²) in [5.41, 5.74) is 6.12. The fourth-order valence-electron chi connectivity index (χ4n) is 3.58. The van der Waals surface area contributed by atoms with Gasteiger partial charge in [-0.05, 0) is 49.7 Å². The number of aromatic nitrogens is 4. The Morgan fingerprint density at radius 3 is 2.49 bits per heavy atom. The Labute approximate surface area is 220 Å². The van der Waals surface area contributed by atoms with Gasteiger partial charge in [-0.3, -0.25) is 14.6 Å². The zero-order chi connectivity index (χ0) is 28.3. The zero-order valence-corrected chi connectivity index (χ0v) is 21.3. The number of nitrogens with one attached hydrogen (secondary N) is 3. The van der Waals surface area contributed by atoms with Gasteiger partial charge in [-0.1, -0.05) is 18.2 Å². The van der Waals surface area contributed by atoms with Crippen LogP contribution in [0.1, 0.15) is 34.8 Å². The quantitative estimate of drug-likeness (QED) is 0.223. The maximum Gasteiger partial charge on any atom is 0.355 e. The lowest BCUT2D eigenvalue weighted by Crippen LogP contribution is -2.21. The summed E-state index contributed by atoms with van der Waals surface area (Å²) in [6.07, 6.45) is 0.750. The van der Waals surface area contributed by atoms with E-state index in [-0.39, 0.29) is 34.1 Å². The molecular formula is C24H22F3N7O4S.